The van der Waals surface area contributed by atoms with Crippen LogP contribution in [0, 0.1) is 0 Å². The molecule has 1 aromatic carbocycles. The van der Waals surface area contributed by atoms with E-state index >= 15 is 0 Å². The fourth-order valence-corrected chi connectivity index (χ4v) is 1.65. The molecular weight excluding hydrogens is 228 g/mol. The average Bonchev–Trinajstić information content (AvgIpc) is 2.85. The molecule has 2 aromatic rings. The molecule has 0 aliphatic carbocycles. The summed E-state index contributed by atoms with van der Waals surface area (Å²) in [5.74, 6) is 1.27. The van der Waals surface area contributed by atoms with Gasteiger partial charge in [-0.25, -0.2) is 0 Å². The zero-order valence-electron chi connectivity index (χ0n) is 10.8. The fraction of sp³-hybridized carbons (Fsp3) is 0.385. The molecule has 1 aromatic heterocycles. The number of nitrogens with two attached hydrogens (primary N) is 1. The van der Waals surface area contributed by atoms with Gasteiger partial charge in [0.15, 0.2) is 5.82 Å². The van der Waals surface area contributed by atoms with Crippen LogP contribution < -0.4 is 10.6 Å². The lowest BCUT2D eigenvalue weighted by atomic mass is 10.2. The van der Waals surface area contributed by atoms with Crippen LogP contribution in [0.2, 0.25) is 0 Å². The topological polar surface area (TPSA) is 68.2 Å². The van der Waals surface area contributed by atoms with Gasteiger partial charge in [0.1, 0.15) is 0 Å². The molecule has 2 N–H and O–H groups in total. The summed E-state index contributed by atoms with van der Waals surface area (Å²) in [6.45, 7) is 0.639. The van der Waals surface area contributed by atoms with Gasteiger partial charge in [0.25, 0.3) is 5.89 Å². The van der Waals surface area contributed by atoms with E-state index in [1.807, 2.05) is 43.3 Å². The maximum absolute atomic E-state index is 5.46. The lowest BCUT2D eigenvalue weighted by Gasteiger charge is -2.12. The van der Waals surface area contributed by atoms with Crippen molar-refractivity contribution < 1.29 is 4.52 Å². The Morgan fingerprint density at radius 1 is 1.33 bits per heavy atom. The molecule has 0 atom stereocenters. The van der Waals surface area contributed by atoms with E-state index in [-0.39, 0.29) is 0 Å². The second-order valence-corrected chi connectivity index (χ2v) is 4.35. The van der Waals surface area contributed by atoms with Gasteiger partial charge >= 0.3 is 0 Å². The highest BCUT2D eigenvalue weighted by Crippen LogP contribution is 2.22. The predicted octanol–water partition coefficient (Wildman–Crippen LogP) is 1.69. The minimum Gasteiger partial charge on any atom is -0.378 e. The van der Waals surface area contributed by atoms with Crippen molar-refractivity contribution in [2.45, 2.75) is 12.8 Å². The van der Waals surface area contributed by atoms with Gasteiger partial charge in [0, 0.05) is 31.8 Å². The zero-order chi connectivity index (χ0) is 13.0. The molecule has 1 heterocycles. The minimum absolute atomic E-state index is 0.561. The van der Waals surface area contributed by atoms with E-state index in [1.54, 1.807) is 0 Å². The van der Waals surface area contributed by atoms with Crippen molar-refractivity contribution in [2.24, 2.45) is 5.73 Å². The van der Waals surface area contributed by atoms with Crippen molar-refractivity contribution in [1.29, 1.82) is 0 Å². The van der Waals surface area contributed by atoms with E-state index in [9.17, 15) is 0 Å². The minimum atomic E-state index is 0.561. The molecule has 0 radical (unpaired) electrons. The molecule has 0 saturated heterocycles. The molecule has 0 amide bonds. The molecule has 2 rings (SSSR count). The second-order valence-electron chi connectivity index (χ2n) is 4.35. The molecule has 0 aliphatic rings. The quantitative estimate of drug-likeness (QED) is 0.869. The third-order valence-electron chi connectivity index (χ3n) is 2.68. The predicted molar refractivity (Wildman–Crippen MR) is 71.4 cm³/mol. The average molecular weight is 246 g/mol. The van der Waals surface area contributed by atoms with Gasteiger partial charge in [-0.15, -0.1) is 0 Å². The highest BCUT2D eigenvalue weighted by molar-refractivity contribution is 5.61. The Hall–Kier alpha value is -1.88. The van der Waals surface area contributed by atoms with Gasteiger partial charge in [-0.05, 0) is 31.2 Å². The first-order valence-corrected chi connectivity index (χ1v) is 6.01. The first-order valence-electron chi connectivity index (χ1n) is 6.01. The van der Waals surface area contributed by atoms with Gasteiger partial charge in [-0.1, -0.05) is 11.2 Å². The van der Waals surface area contributed by atoms with E-state index in [2.05, 4.69) is 10.1 Å². The monoisotopic (exact) mass is 246 g/mol. The molecule has 18 heavy (non-hydrogen) atoms. The molecule has 0 fully saturated rings. The summed E-state index contributed by atoms with van der Waals surface area (Å²) in [6.07, 6.45) is 1.63. The third-order valence-corrected chi connectivity index (χ3v) is 2.68. The number of nitrogens with zero attached hydrogens (tertiary/aromatic N) is 3. The Bertz CT molecular complexity index is 507. The van der Waals surface area contributed by atoms with Crippen molar-refractivity contribution >= 4 is 5.69 Å². The molecule has 5 nitrogen and oxygen atoms in total. The highest BCUT2D eigenvalue weighted by atomic mass is 16.5. The number of hydrogen-bond acceptors (Lipinski definition) is 5. The van der Waals surface area contributed by atoms with Crippen molar-refractivity contribution in [1.82, 2.24) is 10.1 Å². The molecule has 0 aliphatic heterocycles. The SMILES string of the molecule is CN(C)c1cccc(-c2nc(CCCN)no2)c1. The van der Waals surface area contributed by atoms with Gasteiger partial charge in [-0.3, -0.25) is 0 Å². The maximum Gasteiger partial charge on any atom is 0.257 e. The molecule has 0 unspecified atom stereocenters. The number of anilines is 1. The Morgan fingerprint density at radius 2 is 2.17 bits per heavy atom. The fourth-order valence-electron chi connectivity index (χ4n) is 1.65. The summed E-state index contributed by atoms with van der Waals surface area (Å²) in [5, 5.41) is 3.95. The first-order chi connectivity index (χ1) is 8.70. The number of aryl methyl sites for hydroxylation is 1. The van der Waals surface area contributed by atoms with Crippen molar-refractivity contribution in [3.8, 4) is 11.5 Å². The largest absolute Gasteiger partial charge is 0.378 e. The van der Waals surface area contributed by atoms with E-state index < -0.39 is 0 Å². The number of aromatic nitrogens is 2. The van der Waals surface area contributed by atoms with Gasteiger partial charge < -0.3 is 15.2 Å². The van der Waals surface area contributed by atoms with Crippen LogP contribution in [0.3, 0.4) is 0 Å². The van der Waals surface area contributed by atoms with Crippen LogP contribution in [0.25, 0.3) is 11.5 Å². The maximum atomic E-state index is 5.46. The Morgan fingerprint density at radius 3 is 2.89 bits per heavy atom. The zero-order valence-corrected chi connectivity index (χ0v) is 10.8. The van der Waals surface area contributed by atoms with Crippen LogP contribution in [-0.2, 0) is 6.42 Å². The summed E-state index contributed by atoms with van der Waals surface area (Å²) < 4.78 is 5.26. The summed E-state index contributed by atoms with van der Waals surface area (Å²) in [4.78, 5) is 6.40. The number of benzene rings is 1. The van der Waals surface area contributed by atoms with Crippen LogP contribution in [-0.4, -0.2) is 30.8 Å². The van der Waals surface area contributed by atoms with Crippen LogP contribution in [0.4, 0.5) is 5.69 Å². The van der Waals surface area contributed by atoms with E-state index in [4.69, 9.17) is 10.3 Å². The van der Waals surface area contributed by atoms with Crippen LogP contribution in [0.5, 0.6) is 0 Å². The van der Waals surface area contributed by atoms with E-state index in [1.165, 1.54) is 0 Å². The second kappa shape index (κ2) is 5.64. The normalized spacial score (nSPS) is 10.6. The summed E-state index contributed by atoms with van der Waals surface area (Å²) in [7, 11) is 4.00. The van der Waals surface area contributed by atoms with Crippen molar-refractivity contribution in [2.75, 3.05) is 25.5 Å². The summed E-state index contributed by atoms with van der Waals surface area (Å²) in [6, 6.07) is 8.01. The number of hydrogen-bond donors (Lipinski definition) is 1. The van der Waals surface area contributed by atoms with E-state index in [0.29, 0.717) is 18.3 Å². The number of rotatable bonds is 5. The lowest BCUT2D eigenvalue weighted by Crippen LogP contribution is -2.08. The van der Waals surface area contributed by atoms with Crippen molar-refractivity contribution in [3.05, 3.63) is 30.1 Å². The molecule has 5 heteroatoms. The summed E-state index contributed by atoms with van der Waals surface area (Å²) in [5.41, 5.74) is 7.50. The lowest BCUT2D eigenvalue weighted by molar-refractivity contribution is 0.422. The highest BCUT2D eigenvalue weighted by Gasteiger charge is 2.09. The van der Waals surface area contributed by atoms with Gasteiger partial charge in [0.05, 0.1) is 0 Å². The molecule has 0 spiro atoms. The summed E-state index contributed by atoms with van der Waals surface area (Å²) >= 11 is 0. The first kappa shape index (κ1) is 12.6. The molecular formula is C13H18N4O. The Kier molecular flexibility index (Phi) is 3.94. The van der Waals surface area contributed by atoms with Gasteiger partial charge in [-0.2, -0.15) is 4.98 Å². The third kappa shape index (κ3) is 2.87. The Balaban J connectivity index is 2.20. The Labute approximate surface area is 107 Å². The standard InChI is InChI=1S/C13H18N4O/c1-17(2)11-6-3-5-10(9-11)13-15-12(16-18-13)7-4-8-14/h3,5-6,9H,4,7-8,14H2,1-2H3. The smallest absolute Gasteiger partial charge is 0.257 e. The molecule has 0 saturated carbocycles. The molecule has 0 bridgehead atoms. The van der Waals surface area contributed by atoms with Crippen LogP contribution in [0.1, 0.15) is 12.2 Å². The van der Waals surface area contributed by atoms with Gasteiger partial charge in [0.2, 0.25) is 0 Å². The molecule has 96 valence electrons. The van der Waals surface area contributed by atoms with Crippen LogP contribution in [0.15, 0.2) is 28.8 Å². The van der Waals surface area contributed by atoms with E-state index in [0.717, 1.165) is 24.1 Å². The van der Waals surface area contributed by atoms with Crippen molar-refractivity contribution in [3.63, 3.8) is 0 Å². The van der Waals surface area contributed by atoms with Crippen LogP contribution >= 0.6 is 0 Å².